The van der Waals surface area contributed by atoms with Crippen LogP contribution in [0.15, 0.2) is 29.3 Å². The van der Waals surface area contributed by atoms with Gasteiger partial charge in [0, 0.05) is 13.0 Å². The Hall–Kier alpha value is -4.44. The van der Waals surface area contributed by atoms with Crippen molar-refractivity contribution in [2.75, 3.05) is 6.54 Å². The number of benzene rings is 1. The minimum atomic E-state index is -1.77. The first-order valence-corrected chi connectivity index (χ1v) is 11.8. The normalized spacial score (nSPS) is 14.5. The van der Waals surface area contributed by atoms with Gasteiger partial charge in [0.05, 0.1) is 12.5 Å². The molecule has 16 heteroatoms. The molecule has 5 unspecified atom stereocenters. The summed E-state index contributed by atoms with van der Waals surface area (Å²) >= 11 is 0. The summed E-state index contributed by atoms with van der Waals surface area (Å²) in [5, 5.41) is 44.3. The van der Waals surface area contributed by atoms with Crippen molar-refractivity contribution in [3.05, 3.63) is 29.8 Å². The van der Waals surface area contributed by atoms with Crippen LogP contribution in [-0.2, 0) is 30.4 Å². The summed E-state index contributed by atoms with van der Waals surface area (Å²) in [6.45, 7) is 1.35. The Morgan fingerprint density at radius 1 is 0.897 bits per heavy atom. The summed E-state index contributed by atoms with van der Waals surface area (Å²) in [6, 6.07) is -0.0986. The highest BCUT2D eigenvalue weighted by Crippen LogP contribution is 2.12. The molecule has 0 saturated heterocycles. The summed E-state index contributed by atoms with van der Waals surface area (Å²) in [7, 11) is 0. The fourth-order valence-corrected chi connectivity index (χ4v) is 3.26. The Kier molecular flexibility index (Phi) is 13.1. The van der Waals surface area contributed by atoms with Crippen molar-refractivity contribution in [1.82, 2.24) is 16.0 Å². The van der Waals surface area contributed by atoms with Crippen LogP contribution in [0.2, 0.25) is 0 Å². The van der Waals surface area contributed by atoms with Gasteiger partial charge >= 0.3 is 11.9 Å². The number of nitrogens with zero attached hydrogens (tertiary/aromatic N) is 1. The van der Waals surface area contributed by atoms with Gasteiger partial charge in [0.25, 0.3) is 0 Å². The molecule has 3 amide bonds. The minimum absolute atomic E-state index is 0.0354. The van der Waals surface area contributed by atoms with Crippen LogP contribution in [0.25, 0.3) is 0 Å². The van der Waals surface area contributed by atoms with Gasteiger partial charge in [-0.2, -0.15) is 0 Å². The lowest BCUT2D eigenvalue weighted by molar-refractivity contribution is -0.147. The van der Waals surface area contributed by atoms with E-state index in [0.29, 0.717) is 5.56 Å². The van der Waals surface area contributed by atoms with E-state index in [2.05, 4.69) is 20.9 Å². The highest BCUT2D eigenvalue weighted by molar-refractivity contribution is 5.94. The largest absolute Gasteiger partial charge is 0.508 e. The molecule has 0 bridgehead atoms. The number of carboxylic acid groups (broad SMARTS) is 2. The number of phenolic OH excluding ortho intramolecular Hbond substituents is 1. The van der Waals surface area contributed by atoms with Crippen molar-refractivity contribution in [3.8, 4) is 5.75 Å². The number of carboxylic acids is 2. The predicted octanol–water partition coefficient (Wildman–Crippen LogP) is -3.29. The highest BCUT2D eigenvalue weighted by atomic mass is 16.4. The van der Waals surface area contributed by atoms with E-state index in [-0.39, 0.29) is 37.5 Å². The monoisotopic (exact) mass is 553 g/mol. The molecular weight excluding hydrogens is 518 g/mol. The molecule has 0 aliphatic carbocycles. The number of aromatic hydroxyl groups is 1. The number of guanidine groups is 1. The summed E-state index contributed by atoms with van der Waals surface area (Å²) in [5.74, 6) is -6.02. The molecular formula is C23H35N7O9. The maximum Gasteiger partial charge on any atom is 0.326 e. The molecule has 16 nitrogen and oxygen atoms in total. The molecule has 1 aromatic rings. The van der Waals surface area contributed by atoms with E-state index in [0.717, 1.165) is 0 Å². The molecule has 1 aromatic carbocycles. The summed E-state index contributed by atoms with van der Waals surface area (Å²) in [6.07, 6.45) is -2.18. The molecule has 0 spiro atoms. The number of aliphatic carboxylic acids is 2. The van der Waals surface area contributed by atoms with Gasteiger partial charge in [-0.25, -0.2) is 4.79 Å². The summed E-state index contributed by atoms with van der Waals surface area (Å²) in [5.41, 5.74) is 16.8. The van der Waals surface area contributed by atoms with Crippen LogP contribution in [-0.4, -0.2) is 92.9 Å². The molecule has 0 radical (unpaired) electrons. The van der Waals surface area contributed by atoms with Gasteiger partial charge in [-0.05, 0) is 37.5 Å². The van der Waals surface area contributed by atoms with E-state index in [1.165, 1.54) is 31.2 Å². The first-order chi connectivity index (χ1) is 18.2. The van der Waals surface area contributed by atoms with Crippen molar-refractivity contribution < 1.29 is 44.4 Å². The van der Waals surface area contributed by atoms with E-state index >= 15 is 0 Å². The lowest BCUT2D eigenvalue weighted by atomic mass is 10.0. The minimum Gasteiger partial charge on any atom is -0.508 e. The molecule has 0 aliphatic heterocycles. The first kappa shape index (κ1) is 32.6. The second kappa shape index (κ2) is 15.7. The molecule has 5 atom stereocenters. The van der Waals surface area contributed by atoms with Crippen molar-refractivity contribution >= 4 is 35.6 Å². The Labute approximate surface area is 223 Å². The van der Waals surface area contributed by atoms with E-state index in [1.54, 1.807) is 0 Å². The van der Waals surface area contributed by atoms with E-state index < -0.39 is 66.4 Å². The molecule has 39 heavy (non-hydrogen) atoms. The standard InChI is InChI=1S/C23H35N7O9/c1-11(31)18(24)21(37)29-15(9-12-4-6-13(32)7-5-12)20(36)28-14(3-2-8-27-23(25)26)19(35)30-16(22(38)39)10-17(33)34/h4-7,11,14-16,18,31-32H,2-3,8-10,24H2,1H3,(H,28,36)(H,29,37)(H,30,35)(H,33,34)(H,38,39)(H4,25,26,27). The Balaban J connectivity index is 3.20. The lowest BCUT2D eigenvalue weighted by Gasteiger charge is -2.25. The van der Waals surface area contributed by atoms with Crippen molar-refractivity contribution in [2.24, 2.45) is 22.2 Å². The summed E-state index contributed by atoms with van der Waals surface area (Å²) in [4.78, 5) is 64.9. The average Bonchev–Trinajstić information content (AvgIpc) is 2.84. The van der Waals surface area contributed by atoms with E-state index in [1.807, 2.05) is 0 Å². The van der Waals surface area contributed by atoms with Crippen molar-refractivity contribution in [1.29, 1.82) is 0 Å². The third-order valence-electron chi connectivity index (χ3n) is 5.40. The zero-order valence-electron chi connectivity index (χ0n) is 21.2. The Morgan fingerprint density at radius 2 is 1.44 bits per heavy atom. The van der Waals surface area contributed by atoms with Crippen molar-refractivity contribution in [2.45, 2.75) is 62.9 Å². The van der Waals surface area contributed by atoms with Gasteiger partial charge in [0.1, 0.15) is 29.9 Å². The first-order valence-electron chi connectivity index (χ1n) is 11.8. The van der Waals surface area contributed by atoms with Gasteiger partial charge in [-0.1, -0.05) is 12.1 Å². The van der Waals surface area contributed by atoms with Crippen LogP contribution in [0.5, 0.6) is 5.75 Å². The number of carbonyl (C=O) groups is 5. The number of nitrogens with one attached hydrogen (secondary N) is 3. The zero-order valence-corrected chi connectivity index (χ0v) is 21.2. The van der Waals surface area contributed by atoms with Gasteiger partial charge in [0.2, 0.25) is 17.7 Å². The third kappa shape index (κ3) is 12.1. The molecule has 0 saturated carbocycles. The number of amides is 3. The maximum absolute atomic E-state index is 13.3. The van der Waals surface area contributed by atoms with Gasteiger partial charge in [0.15, 0.2) is 5.96 Å². The van der Waals surface area contributed by atoms with Crippen LogP contribution in [0, 0.1) is 0 Å². The second-order valence-electron chi connectivity index (χ2n) is 8.71. The SMILES string of the molecule is CC(O)C(N)C(=O)NC(Cc1ccc(O)cc1)C(=O)NC(CCCN=C(N)N)C(=O)NC(CC(=O)O)C(=O)O. The topological polar surface area (TPSA) is 293 Å². The fourth-order valence-electron chi connectivity index (χ4n) is 3.26. The number of rotatable bonds is 16. The fraction of sp³-hybridized carbons (Fsp3) is 0.478. The summed E-state index contributed by atoms with van der Waals surface area (Å²) < 4.78 is 0. The van der Waals surface area contributed by atoms with Crippen LogP contribution in [0.4, 0.5) is 0 Å². The van der Waals surface area contributed by atoms with Gasteiger partial charge in [-0.15, -0.1) is 0 Å². The zero-order chi connectivity index (χ0) is 29.7. The Morgan fingerprint density at radius 3 is 1.95 bits per heavy atom. The molecule has 0 fully saturated rings. The number of aliphatic hydroxyl groups excluding tert-OH is 1. The van der Waals surface area contributed by atoms with Gasteiger partial charge in [-0.3, -0.25) is 24.2 Å². The van der Waals surface area contributed by atoms with Crippen LogP contribution in [0.3, 0.4) is 0 Å². The molecule has 216 valence electrons. The number of nitrogens with two attached hydrogens (primary N) is 3. The number of aliphatic hydroxyl groups is 1. The highest BCUT2D eigenvalue weighted by Gasteiger charge is 2.31. The van der Waals surface area contributed by atoms with Crippen molar-refractivity contribution in [3.63, 3.8) is 0 Å². The molecule has 0 heterocycles. The molecule has 1 rings (SSSR count). The predicted molar refractivity (Wildman–Crippen MR) is 137 cm³/mol. The quantitative estimate of drug-likeness (QED) is 0.0547. The van der Waals surface area contributed by atoms with Crippen LogP contribution < -0.4 is 33.2 Å². The van der Waals surface area contributed by atoms with E-state index in [4.69, 9.17) is 22.3 Å². The number of aliphatic imine (C=N–C) groups is 1. The number of hydrogen-bond donors (Lipinski definition) is 10. The van der Waals surface area contributed by atoms with E-state index in [9.17, 15) is 39.3 Å². The smallest absolute Gasteiger partial charge is 0.326 e. The lowest BCUT2D eigenvalue weighted by Crippen LogP contribution is -2.58. The molecule has 13 N–H and O–H groups in total. The van der Waals surface area contributed by atoms with Gasteiger partial charge < -0.3 is 53.6 Å². The third-order valence-corrected chi connectivity index (χ3v) is 5.40. The number of hydrogen-bond acceptors (Lipinski definition) is 9. The second-order valence-corrected chi connectivity index (χ2v) is 8.71. The number of carbonyl (C=O) groups excluding carboxylic acids is 3. The molecule has 0 aliphatic rings. The molecule has 0 aromatic heterocycles. The van der Waals surface area contributed by atoms with Crippen LogP contribution in [0.1, 0.15) is 31.7 Å². The maximum atomic E-state index is 13.3. The number of phenols is 1. The average molecular weight is 554 g/mol. The van der Waals surface area contributed by atoms with Crippen LogP contribution >= 0.6 is 0 Å². The Bertz CT molecular complexity index is 1040.